The van der Waals surface area contributed by atoms with Crippen LogP contribution in [0.2, 0.25) is 0 Å². The number of benzene rings is 2. The fourth-order valence-corrected chi connectivity index (χ4v) is 4.31. The summed E-state index contributed by atoms with van der Waals surface area (Å²) in [5.74, 6) is 0.591. The van der Waals surface area contributed by atoms with E-state index in [1.54, 1.807) is 24.3 Å². The Kier molecular flexibility index (Phi) is 5.88. The van der Waals surface area contributed by atoms with Crippen molar-refractivity contribution in [3.63, 3.8) is 0 Å². The highest BCUT2D eigenvalue weighted by Gasteiger charge is 2.31. The summed E-state index contributed by atoms with van der Waals surface area (Å²) in [6.07, 6.45) is 2.74. The van der Waals surface area contributed by atoms with Gasteiger partial charge in [0.15, 0.2) is 11.5 Å². The van der Waals surface area contributed by atoms with Crippen molar-refractivity contribution < 1.29 is 27.8 Å². The molecule has 2 fully saturated rings. The first-order chi connectivity index (χ1) is 16.0. The molecule has 0 radical (unpaired) electrons. The Morgan fingerprint density at radius 2 is 2.00 bits per heavy atom. The summed E-state index contributed by atoms with van der Waals surface area (Å²) < 4.78 is 35.9. The molecule has 0 bridgehead atoms. The molecule has 1 saturated heterocycles. The van der Waals surface area contributed by atoms with Gasteiger partial charge in [0.05, 0.1) is 12.6 Å². The van der Waals surface area contributed by atoms with E-state index in [1.165, 1.54) is 6.07 Å². The van der Waals surface area contributed by atoms with E-state index in [0.29, 0.717) is 49.0 Å². The highest BCUT2D eigenvalue weighted by atomic mass is 19.3. The Balaban J connectivity index is 1.24. The molecular formula is C24H25F2N3O4. The second-order valence-electron chi connectivity index (χ2n) is 8.78. The third-order valence-electron chi connectivity index (χ3n) is 6.33. The SMILES string of the molecule is O=C1NCc2cc(NC(=O)[C@H]3C[C@H](c4ccc(OC(F)F)c(OCC5CC5)c4)CN3)ccc21. The second-order valence-corrected chi connectivity index (χ2v) is 8.78. The molecule has 2 aromatic carbocycles. The van der Waals surface area contributed by atoms with E-state index in [1.807, 2.05) is 6.07 Å². The Bertz CT molecular complexity index is 1070. The van der Waals surface area contributed by atoms with Crippen LogP contribution < -0.4 is 25.4 Å². The van der Waals surface area contributed by atoms with Crippen molar-refractivity contribution in [3.8, 4) is 11.5 Å². The van der Waals surface area contributed by atoms with Crippen LogP contribution in [0.15, 0.2) is 36.4 Å². The molecule has 5 rings (SSSR count). The second kappa shape index (κ2) is 8.97. The maximum Gasteiger partial charge on any atom is 0.387 e. The standard InChI is InChI=1S/C24H25F2N3O4/c25-24(26)33-20-6-3-14(9-21(20)32-12-13-1-2-13)15-8-19(27-10-15)23(31)29-17-4-5-18-16(7-17)11-28-22(18)30/h3-7,9,13,15,19,24,27H,1-2,8,10-12H2,(H,28,30)(H,29,31)/t15-,19+/m0/s1. The molecular weight excluding hydrogens is 432 g/mol. The molecule has 0 unspecified atom stereocenters. The molecule has 1 aliphatic carbocycles. The number of halogens is 2. The quantitative estimate of drug-likeness (QED) is 0.566. The Hall–Kier alpha value is -3.20. The van der Waals surface area contributed by atoms with Gasteiger partial charge >= 0.3 is 6.61 Å². The molecule has 2 aliphatic heterocycles. The zero-order chi connectivity index (χ0) is 22.9. The molecule has 0 spiro atoms. The van der Waals surface area contributed by atoms with Crippen molar-refractivity contribution in [2.45, 2.75) is 44.4 Å². The van der Waals surface area contributed by atoms with Gasteiger partial charge in [0.2, 0.25) is 5.91 Å². The van der Waals surface area contributed by atoms with Gasteiger partial charge in [-0.05, 0) is 72.6 Å². The molecule has 0 aromatic heterocycles. The number of nitrogens with one attached hydrogen (secondary N) is 3. The normalized spacial score (nSPS) is 21.6. The lowest BCUT2D eigenvalue weighted by molar-refractivity contribution is -0.117. The van der Waals surface area contributed by atoms with Gasteiger partial charge in [-0.1, -0.05) is 6.07 Å². The van der Waals surface area contributed by atoms with Gasteiger partial charge in [0, 0.05) is 24.3 Å². The van der Waals surface area contributed by atoms with Gasteiger partial charge in [0.25, 0.3) is 5.91 Å². The van der Waals surface area contributed by atoms with Gasteiger partial charge in [0.1, 0.15) is 0 Å². The number of anilines is 1. The smallest absolute Gasteiger partial charge is 0.387 e. The molecule has 7 nitrogen and oxygen atoms in total. The number of fused-ring (bicyclic) bond motifs is 1. The first kappa shape index (κ1) is 21.6. The minimum absolute atomic E-state index is 0.0271. The Morgan fingerprint density at radius 3 is 2.79 bits per heavy atom. The van der Waals surface area contributed by atoms with E-state index in [9.17, 15) is 18.4 Å². The number of carbonyl (C=O) groups excluding carboxylic acids is 2. The van der Waals surface area contributed by atoms with E-state index in [4.69, 9.17) is 4.74 Å². The lowest BCUT2D eigenvalue weighted by Crippen LogP contribution is -2.35. The van der Waals surface area contributed by atoms with Crippen LogP contribution in [-0.4, -0.2) is 37.6 Å². The van der Waals surface area contributed by atoms with Gasteiger partial charge in [-0.15, -0.1) is 0 Å². The maximum absolute atomic E-state index is 12.8. The zero-order valence-corrected chi connectivity index (χ0v) is 17.9. The van der Waals surface area contributed by atoms with E-state index >= 15 is 0 Å². The number of alkyl halides is 2. The van der Waals surface area contributed by atoms with Gasteiger partial charge in [-0.3, -0.25) is 9.59 Å². The summed E-state index contributed by atoms with van der Waals surface area (Å²) in [4.78, 5) is 24.5. The molecule has 1 saturated carbocycles. The fraction of sp³-hybridized carbons (Fsp3) is 0.417. The Morgan fingerprint density at radius 1 is 1.15 bits per heavy atom. The molecule has 174 valence electrons. The van der Waals surface area contributed by atoms with Crippen LogP contribution in [0, 0.1) is 5.92 Å². The summed E-state index contributed by atoms with van der Waals surface area (Å²) in [6, 6.07) is 9.86. The van der Waals surface area contributed by atoms with E-state index in [2.05, 4.69) is 20.7 Å². The van der Waals surface area contributed by atoms with Crippen molar-refractivity contribution >= 4 is 17.5 Å². The third-order valence-corrected chi connectivity index (χ3v) is 6.33. The molecule has 9 heteroatoms. The van der Waals surface area contributed by atoms with Crippen LogP contribution in [0.3, 0.4) is 0 Å². The summed E-state index contributed by atoms with van der Waals surface area (Å²) >= 11 is 0. The first-order valence-corrected chi connectivity index (χ1v) is 11.1. The fourth-order valence-electron chi connectivity index (χ4n) is 4.31. The van der Waals surface area contributed by atoms with Gasteiger partial charge in [-0.2, -0.15) is 8.78 Å². The lowest BCUT2D eigenvalue weighted by atomic mass is 9.95. The van der Waals surface area contributed by atoms with Crippen LogP contribution in [-0.2, 0) is 11.3 Å². The van der Waals surface area contributed by atoms with Crippen LogP contribution in [0.25, 0.3) is 0 Å². The van der Waals surface area contributed by atoms with Crippen molar-refractivity contribution in [1.29, 1.82) is 0 Å². The van der Waals surface area contributed by atoms with E-state index < -0.39 is 12.7 Å². The maximum atomic E-state index is 12.8. The highest BCUT2D eigenvalue weighted by Crippen LogP contribution is 2.37. The monoisotopic (exact) mass is 457 g/mol. The number of amides is 2. The molecule has 3 aliphatic rings. The van der Waals surface area contributed by atoms with Crippen LogP contribution in [0.4, 0.5) is 14.5 Å². The zero-order valence-electron chi connectivity index (χ0n) is 17.9. The number of rotatable bonds is 8. The third kappa shape index (κ3) is 4.93. The predicted octanol–water partition coefficient (Wildman–Crippen LogP) is 3.40. The molecule has 2 heterocycles. The largest absolute Gasteiger partial charge is 0.489 e. The predicted molar refractivity (Wildman–Crippen MR) is 117 cm³/mol. The minimum atomic E-state index is -2.92. The van der Waals surface area contributed by atoms with E-state index in [-0.39, 0.29) is 23.5 Å². The first-order valence-electron chi connectivity index (χ1n) is 11.1. The molecule has 2 atom stereocenters. The van der Waals surface area contributed by atoms with Gasteiger partial charge < -0.3 is 25.4 Å². The Labute approximate surface area is 189 Å². The van der Waals surface area contributed by atoms with Crippen molar-refractivity contribution in [2.24, 2.45) is 5.92 Å². The number of ether oxygens (including phenoxy) is 2. The molecule has 2 aromatic rings. The number of hydrogen-bond donors (Lipinski definition) is 3. The molecule has 2 amide bonds. The number of carbonyl (C=O) groups is 2. The molecule has 33 heavy (non-hydrogen) atoms. The van der Waals surface area contributed by atoms with Crippen LogP contribution in [0.1, 0.15) is 46.7 Å². The average molecular weight is 457 g/mol. The summed E-state index contributed by atoms with van der Waals surface area (Å²) in [5, 5.41) is 8.91. The number of hydrogen-bond acceptors (Lipinski definition) is 5. The topological polar surface area (TPSA) is 88.7 Å². The van der Waals surface area contributed by atoms with Crippen molar-refractivity contribution in [2.75, 3.05) is 18.5 Å². The van der Waals surface area contributed by atoms with Crippen molar-refractivity contribution in [3.05, 3.63) is 53.1 Å². The lowest BCUT2D eigenvalue weighted by Gasteiger charge is -2.16. The summed E-state index contributed by atoms with van der Waals surface area (Å²) in [6.45, 7) is -1.40. The van der Waals surface area contributed by atoms with Crippen molar-refractivity contribution in [1.82, 2.24) is 10.6 Å². The van der Waals surface area contributed by atoms with Gasteiger partial charge in [-0.25, -0.2) is 0 Å². The highest BCUT2D eigenvalue weighted by molar-refractivity contribution is 6.00. The van der Waals surface area contributed by atoms with E-state index in [0.717, 1.165) is 24.0 Å². The summed E-state index contributed by atoms with van der Waals surface area (Å²) in [5.41, 5.74) is 3.04. The average Bonchev–Trinajstić information content (AvgIpc) is 3.36. The van der Waals surface area contributed by atoms with Crippen LogP contribution >= 0.6 is 0 Å². The van der Waals surface area contributed by atoms with Crippen LogP contribution in [0.5, 0.6) is 11.5 Å². The minimum Gasteiger partial charge on any atom is -0.489 e. The summed E-state index contributed by atoms with van der Waals surface area (Å²) in [7, 11) is 0. The molecule has 3 N–H and O–H groups in total.